The number of hydrogen-bond donors (Lipinski definition) is 2. The molecule has 1 fully saturated rings. The van der Waals surface area contributed by atoms with Crippen molar-refractivity contribution < 1.29 is 9.90 Å². The number of para-hydroxylation sites is 3. The Morgan fingerprint density at radius 1 is 1.08 bits per heavy atom. The fraction of sp³-hybridized carbons (Fsp3) is 0.316. The van der Waals surface area contributed by atoms with Crippen molar-refractivity contribution >= 4 is 28.9 Å². The second kappa shape index (κ2) is 7.76. The first-order valence-electron chi connectivity index (χ1n) is 8.38. The van der Waals surface area contributed by atoms with Crippen LogP contribution in [0.1, 0.15) is 6.92 Å². The van der Waals surface area contributed by atoms with Crippen molar-refractivity contribution in [1.29, 1.82) is 0 Å². The minimum absolute atomic E-state index is 0.0656. The summed E-state index contributed by atoms with van der Waals surface area (Å²) in [6, 6.07) is 14.3. The van der Waals surface area contributed by atoms with Gasteiger partial charge in [0.1, 0.15) is 5.75 Å². The molecule has 2 aromatic rings. The molecule has 25 heavy (non-hydrogen) atoms. The third-order valence-corrected chi connectivity index (χ3v) is 4.93. The lowest BCUT2D eigenvalue weighted by Crippen LogP contribution is -2.52. The third kappa shape index (κ3) is 4.06. The van der Waals surface area contributed by atoms with Gasteiger partial charge in [-0.15, -0.1) is 0 Å². The van der Waals surface area contributed by atoms with E-state index >= 15 is 0 Å². The highest BCUT2D eigenvalue weighted by Crippen LogP contribution is 2.27. The fourth-order valence-corrected chi connectivity index (χ4v) is 3.23. The van der Waals surface area contributed by atoms with E-state index < -0.39 is 0 Å². The van der Waals surface area contributed by atoms with Gasteiger partial charge in [-0.1, -0.05) is 35.9 Å². The summed E-state index contributed by atoms with van der Waals surface area (Å²) in [4.78, 5) is 16.8. The van der Waals surface area contributed by atoms with Crippen molar-refractivity contribution in [2.24, 2.45) is 0 Å². The molecule has 0 bridgehead atoms. The van der Waals surface area contributed by atoms with Gasteiger partial charge < -0.3 is 15.3 Å². The normalized spacial score (nSPS) is 16.5. The molecule has 1 aliphatic heterocycles. The number of carbonyl (C=O) groups excluding carboxylic acids is 1. The molecule has 1 saturated heterocycles. The SMILES string of the molecule is CC(C(=O)Nc1ccccc1Cl)N1CCN(c2ccccc2O)CC1. The molecule has 0 aromatic heterocycles. The largest absolute Gasteiger partial charge is 0.506 e. The topological polar surface area (TPSA) is 55.8 Å². The molecule has 1 atom stereocenters. The summed E-state index contributed by atoms with van der Waals surface area (Å²) in [5, 5.41) is 13.4. The summed E-state index contributed by atoms with van der Waals surface area (Å²) < 4.78 is 0. The number of phenols is 1. The molecule has 1 aliphatic rings. The number of nitrogens with zero attached hydrogens (tertiary/aromatic N) is 2. The van der Waals surface area contributed by atoms with E-state index in [2.05, 4.69) is 15.1 Å². The zero-order chi connectivity index (χ0) is 17.8. The zero-order valence-corrected chi connectivity index (χ0v) is 14.9. The molecule has 6 heteroatoms. The minimum atomic E-state index is -0.247. The van der Waals surface area contributed by atoms with Crippen LogP contribution < -0.4 is 10.2 Å². The number of rotatable bonds is 4. The molecule has 0 spiro atoms. The number of anilines is 2. The number of aromatic hydroxyl groups is 1. The van der Waals surface area contributed by atoms with E-state index in [1.54, 1.807) is 18.2 Å². The van der Waals surface area contributed by atoms with Gasteiger partial charge >= 0.3 is 0 Å². The third-order valence-electron chi connectivity index (χ3n) is 4.60. The van der Waals surface area contributed by atoms with Crippen LogP contribution >= 0.6 is 11.6 Å². The Balaban J connectivity index is 1.58. The standard InChI is InChI=1S/C19H22ClN3O2/c1-14(19(25)21-16-7-3-2-6-15(16)20)22-10-12-23(13-11-22)17-8-4-5-9-18(17)24/h2-9,14,24H,10-13H2,1H3,(H,21,25). The number of piperazine rings is 1. The van der Waals surface area contributed by atoms with E-state index in [0.717, 1.165) is 31.9 Å². The summed E-state index contributed by atoms with van der Waals surface area (Å²) in [7, 11) is 0. The number of amides is 1. The van der Waals surface area contributed by atoms with E-state index in [4.69, 9.17) is 11.6 Å². The second-order valence-corrected chi connectivity index (χ2v) is 6.56. The first-order chi connectivity index (χ1) is 12.1. The summed E-state index contributed by atoms with van der Waals surface area (Å²) in [6.07, 6.45) is 0. The van der Waals surface area contributed by atoms with Crippen LogP contribution in [-0.2, 0) is 4.79 Å². The van der Waals surface area contributed by atoms with Gasteiger partial charge in [0.25, 0.3) is 0 Å². The summed E-state index contributed by atoms with van der Waals surface area (Å²) in [6.45, 7) is 4.95. The molecule has 0 aliphatic carbocycles. The lowest BCUT2D eigenvalue weighted by Gasteiger charge is -2.38. The zero-order valence-electron chi connectivity index (χ0n) is 14.2. The molecule has 0 radical (unpaired) electrons. The van der Waals surface area contributed by atoms with Crippen molar-refractivity contribution in [3.8, 4) is 5.75 Å². The van der Waals surface area contributed by atoms with Crippen LogP contribution in [0.25, 0.3) is 0 Å². The highest BCUT2D eigenvalue weighted by molar-refractivity contribution is 6.33. The van der Waals surface area contributed by atoms with E-state index in [9.17, 15) is 9.90 Å². The lowest BCUT2D eigenvalue weighted by atomic mass is 10.2. The average molecular weight is 360 g/mol. The van der Waals surface area contributed by atoms with Crippen LogP contribution in [0.3, 0.4) is 0 Å². The van der Waals surface area contributed by atoms with E-state index in [1.165, 1.54) is 0 Å². The van der Waals surface area contributed by atoms with Gasteiger partial charge in [0.05, 0.1) is 22.4 Å². The van der Waals surface area contributed by atoms with Crippen molar-refractivity contribution in [1.82, 2.24) is 4.90 Å². The van der Waals surface area contributed by atoms with Gasteiger partial charge in [-0.2, -0.15) is 0 Å². The van der Waals surface area contributed by atoms with Gasteiger partial charge in [0.15, 0.2) is 0 Å². The van der Waals surface area contributed by atoms with Gasteiger partial charge in [-0.3, -0.25) is 9.69 Å². The van der Waals surface area contributed by atoms with Crippen molar-refractivity contribution in [3.63, 3.8) is 0 Å². The number of benzene rings is 2. The number of phenolic OH excluding ortho intramolecular Hbond substituents is 1. The Morgan fingerprint density at radius 2 is 1.72 bits per heavy atom. The molecule has 3 rings (SSSR count). The average Bonchev–Trinajstić information content (AvgIpc) is 2.63. The van der Waals surface area contributed by atoms with Gasteiger partial charge in [-0.25, -0.2) is 0 Å². The van der Waals surface area contributed by atoms with Crippen LogP contribution in [0.4, 0.5) is 11.4 Å². The molecular formula is C19H22ClN3O2. The van der Waals surface area contributed by atoms with E-state index in [0.29, 0.717) is 16.5 Å². The Morgan fingerprint density at radius 3 is 2.40 bits per heavy atom. The van der Waals surface area contributed by atoms with Crippen molar-refractivity contribution in [3.05, 3.63) is 53.6 Å². The second-order valence-electron chi connectivity index (χ2n) is 6.16. The monoisotopic (exact) mass is 359 g/mol. The predicted molar refractivity (Wildman–Crippen MR) is 101 cm³/mol. The summed E-state index contributed by atoms with van der Waals surface area (Å²) in [5.74, 6) is 0.226. The molecule has 2 aromatic carbocycles. The molecule has 132 valence electrons. The molecule has 5 nitrogen and oxygen atoms in total. The van der Waals surface area contributed by atoms with Gasteiger partial charge in [0, 0.05) is 26.2 Å². The first kappa shape index (κ1) is 17.6. The Labute approximate surface area is 152 Å². The maximum atomic E-state index is 12.5. The number of carbonyl (C=O) groups is 1. The van der Waals surface area contributed by atoms with Gasteiger partial charge in [-0.05, 0) is 31.2 Å². The van der Waals surface area contributed by atoms with Gasteiger partial charge in [0.2, 0.25) is 5.91 Å². The summed E-state index contributed by atoms with van der Waals surface area (Å²) >= 11 is 6.10. The van der Waals surface area contributed by atoms with Crippen molar-refractivity contribution in [2.45, 2.75) is 13.0 Å². The molecule has 2 N–H and O–H groups in total. The van der Waals surface area contributed by atoms with Crippen LogP contribution in [0.15, 0.2) is 48.5 Å². The quantitative estimate of drug-likeness (QED) is 0.880. The molecule has 1 unspecified atom stereocenters. The molecule has 0 saturated carbocycles. The molecular weight excluding hydrogens is 338 g/mol. The number of hydrogen-bond acceptors (Lipinski definition) is 4. The predicted octanol–water partition coefficient (Wildman–Crippen LogP) is 3.19. The van der Waals surface area contributed by atoms with Crippen LogP contribution in [0.5, 0.6) is 5.75 Å². The van der Waals surface area contributed by atoms with E-state index in [1.807, 2.05) is 37.3 Å². The maximum absolute atomic E-state index is 12.5. The lowest BCUT2D eigenvalue weighted by molar-refractivity contribution is -0.120. The van der Waals surface area contributed by atoms with E-state index in [-0.39, 0.29) is 11.9 Å². The number of nitrogens with one attached hydrogen (secondary N) is 1. The smallest absolute Gasteiger partial charge is 0.241 e. The van der Waals surface area contributed by atoms with Crippen LogP contribution in [0, 0.1) is 0 Å². The van der Waals surface area contributed by atoms with Crippen LogP contribution in [0.2, 0.25) is 5.02 Å². The number of halogens is 1. The van der Waals surface area contributed by atoms with Crippen molar-refractivity contribution in [2.75, 3.05) is 36.4 Å². The van der Waals surface area contributed by atoms with Crippen LogP contribution in [-0.4, -0.2) is 48.1 Å². The highest BCUT2D eigenvalue weighted by Gasteiger charge is 2.26. The highest BCUT2D eigenvalue weighted by atomic mass is 35.5. The Kier molecular flexibility index (Phi) is 5.46. The summed E-state index contributed by atoms with van der Waals surface area (Å²) in [5.41, 5.74) is 1.48. The minimum Gasteiger partial charge on any atom is -0.506 e. The molecule has 1 amide bonds. The fourth-order valence-electron chi connectivity index (χ4n) is 3.05. The molecule has 1 heterocycles. The Hall–Kier alpha value is -2.24. The first-order valence-corrected chi connectivity index (χ1v) is 8.76. The maximum Gasteiger partial charge on any atom is 0.241 e. The Bertz CT molecular complexity index is 745.